The predicted octanol–water partition coefficient (Wildman–Crippen LogP) is 5.27. The zero-order valence-corrected chi connectivity index (χ0v) is 19.6. The van der Waals surface area contributed by atoms with Gasteiger partial charge in [-0.2, -0.15) is 0 Å². The molecule has 0 spiro atoms. The summed E-state index contributed by atoms with van der Waals surface area (Å²) >= 11 is 7.64. The van der Waals surface area contributed by atoms with E-state index in [1.807, 2.05) is 48.5 Å². The van der Waals surface area contributed by atoms with E-state index in [1.54, 1.807) is 22.8 Å². The number of para-hydroxylation sites is 1. The molecule has 0 saturated carbocycles. The van der Waals surface area contributed by atoms with Crippen molar-refractivity contribution in [3.8, 4) is 5.69 Å². The standard InChI is InChI=1S/C26H24ClN3O2S/c27-20-10-6-11-21(18-20)30-25(32)22-12-4-5-13-23(22)29-26(30)33-17-7-14-24(31)28-16-15-19-8-2-1-3-9-19/h1-6,8-13,18H,7,14-17H2,(H,28,31). The molecular weight excluding hydrogens is 454 g/mol. The van der Waals surface area contributed by atoms with Crippen molar-refractivity contribution in [2.45, 2.75) is 24.4 Å². The normalized spacial score (nSPS) is 10.9. The van der Waals surface area contributed by atoms with Crippen LogP contribution in [-0.4, -0.2) is 27.8 Å². The molecule has 0 atom stereocenters. The number of nitrogens with one attached hydrogen (secondary N) is 1. The fourth-order valence-electron chi connectivity index (χ4n) is 3.53. The molecular formula is C26H24ClN3O2S. The van der Waals surface area contributed by atoms with Crippen molar-refractivity contribution in [1.29, 1.82) is 0 Å². The SMILES string of the molecule is O=C(CCCSc1nc2ccccc2c(=O)n1-c1cccc(Cl)c1)NCCc1ccccc1. The maximum atomic E-state index is 13.2. The summed E-state index contributed by atoms with van der Waals surface area (Å²) in [5.74, 6) is 0.697. The highest BCUT2D eigenvalue weighted by atomic mass is 35.5. The first-order valence-corrected chi connectivity index (χ1v) is 12.2. The van der Waals surface area contributed by atoms with Crippen LogP contribution in [0.3, 0.4) is 0 Å². The Bertz CT molecular complexity index is 1310. The van der Waals surface area contributed by atoms with Crippen LogP contribution in [0.2, 0.25) is 5.02 Å². The Morgan fingerprint density at radius 3 is 2.61 bits per heavy atom. The van der Waals surface area contributed by atoms with E-state index >= 15 is 0 Å². The number of benzene rings is 3. The predicted molar refractivity (Wildman–Crippen MR) is 135 cm³/mol. The number of nitrogens with zero attached hydrogens (tertiary/aromatic N) is 2. The van der Waals surface area contributed by atoms with E-state index < -0.39 is 0 Å². The Hall–Kier alpha value is -3.09. The molecule has 0 aliphatic carbocycles. The Kier molecular flexibility index (Phi) is 7.81. The van der Waals surface area contributed by atoms with Crippen molar-refractivity contribution in [2.24, 2.45) is 0 Å². The minimum atomic E-state index is -0.135. The quantitative estimate of drug-likeness (QED) is 0.202. The maximum absolute atomic E-state index is 13.2. The van der Waals surface area contributed by atoms with Gasteiger partial charge in [0.15, 0.2) is 5.16 Å². The van der Waals surface area contributed by atoms with Gasteiger partial charge in [0.05, 0.1) is 16.6 Å². The van der Waals surface area contributed by atoms with E-state index in [2.05, 4.69) is 17.4 Å². The summed E-state index contributed by atoms with van der Waals surface area (Å²) in [7, 11) is 0. The average Bonchev–Trinajstić information content (AvgIpc) is 2.83. The summed E-state index contributed by atoms with van der Waals surface area (Å²) in [6.45, 7) is 0.622. The summed E-state index contributed by atoms with van der Waals surface area (Å²) in [4.78, 5) is 30.2. The largest absolute Gasteiger partial charge is 0.356 e. The molecule has 1 amide bonds. The van der Waals surface area contributed by atoms with Crippen LogP contribution in [0.4, 0.5) is 0 Å². The molecule has 1 aromatic heterocycles. The van der Waals surface area contributed by atoms with E-state index in [0.717, 1.165) is 6.42 Å². The number of hydrogen-bond acceptors (Lipinski definition) is 4. The molecule has 3 aromatic carbocycles. The van der Waals surface area contributed by atoms with Gasteiger partial charge in [-0.25, -0.2) is 4.98 Å². The monoisotopic (exact) mass is 477 g/mol. The lowest BCUT2D eigenvalue weighted by Crippen LogP contribution is -2.25. The lowest BCUT2D eigenvalue weighted by molar-refractivity contribution is -0.121. The van der Waals surface area contributed by atoms with Crippen molar-refractivity contribution >= 4 is 40.2 Å². The van der Waals surface area contributed by atoms with Crippen LogP contribution in [0.25, 0.3) is 16.6 Å². The fraction of sp³-hybridized carbons (Fsp3) is 0.192. The number of halogens is 1. The third-order valence-electron chi connectivity index (χ3n) is 5.17. The fourth-order valence-corrected chi connectivity index (χ4v) is 4.66. The lowest BCUT2D eigenvalue weighted by Gasteiger charge is -2.13. The van der Waals surface area contributed by atoms with E-state index in [0.29, 0.717) is 51.9 Å². The summed E-state index contributed by atoms with van der Waals surface area (Å²) in [5, 5.41) is 4.67. The molecule has 4 rings (SSSR count). The second-order valence-corrected chi connectivity index (χ2v) is 9.07. The van der Waals surface area contributed by atoms with Crippen molar-refractivity contribution in [3.05, 3.63) is 99.8 Å². The summed E-state index contributed by atoms with van der Waals surface area (Å²) in [6, 6.07) is 24.6. The molecule has 0 bridgehead atoms. The Morgan fingerprint density at radius 2 is 1.79 bits per heavy atom. The van der Waals surface area contributed by atoms with Crippen molar-refractivity contribution in [1.82, 2.24) is 14.9 Å². The summed E-state index contributed by atoms with van der Waals surface area (Å²) in [6.07, 6.45) is 1.92. The van der Waals surface area contributed by atoms with Gasteiger partial charge in [0, 0.05) is 23.7 Å². The maximum Gasteiger partial charge on any atom is 0.266 e. The number of carbonyl (C=O) groups is 1. The molecule has 0 aliphatic rings. The highest BCUT2D eigenvalue weighted by Crippen LogP contribution is 2.23. The number of carbonyl (C=O) groups excluding carboxylic acids is 1. The van der Waals surface area contributed by atoms with Gasteiger partial charge in [0.25, 0.3) is 5.56 Å². The topological polar surface area (TPSA) is 64.0 Å². The number of rotatable bonds is 9. The van der Waals surface area contributed by atoms with E-state index in [4.69, 9.17) is 16.6 Å². The van der Waals surface area contributed by atoms with Crippen molar-refractivity contribution < 1.29 is 4.79 Å². The third-order valence-corrected chi connectivity index (χ3v) is 6.43. The molecule has 7 heteroatoms. The van der Waals surface area contributed by atoms with Gasteiger partial charge < -0.3 is 5.32 Å². The molecule has 0 fully saturated rings. The summed E-state index contributed by atoms with van der Waals surface area (Å²) < 4.78 is 1.60. The Balaban J connectivity index is 1.40. The first kappa shape index (κ1) is 23.1. The number of thioether (sulfide) groups is 1. The van der Waals surface area contributed by atoms with Crippen LogP contribution in [0.15, 0.2) is 88.8 Å². The molecule has 0 radical (unpaired) electrons. The number of fused-ring (bicyclic) bond motifs is 1. The number of aromatic nitrogens is 2. The van der Waals surface area contributed by atoms with E-state index in [1.165, 1.54) is 17.3 Å². The average molecular weight is 478 g/mol. The minimum Gasteiger partial charge on any atom is -0.356 e. The Labute approximate surface area is 201 Å². The van der Waals surface area contributed by atoms with Crippen LogP contribution < -0.4 is 10.9 Å². The highest BCUT2D eigenvalue weighted by molar-refractivity contribution is 7.99. The first-order valence-electron chi connectivity index (χ1n) is 10.8. The van der Waals surface area contributed by atoms with Gasteiger partial charge in [-0.3, -0.25) is 14.2 Å². The zero-order valence-electron chi connectivity index (χ0n) is 18.0. The number of amides is 1. The van der Waals surface area contributed by atoms with Gasteiger partial charge in [0.2, 0.25) is 5.91 Å². The lowest BCUT2D eigenvalue weighted by atomic mass is 10.1. The molecule has 1 heterocycles. The minimum absolute atomic E-state index is 0.0326. The second kappa shape index (κ2) is 11.2. The Morgan fingerprint density at radius 1 is 1.00 bits per heavy atom. The zero-order chi connectivity index (χ0) is 23.0. The van der Waals surface area contributed by atoms with Gasteiger partial charge in [-0.05, 0) is 48.7 Å². The number of hydrogen-bond donors (Lipinski definition) is 1. The van der Waals surface area contributed by atoms with Crippen LogP contribution >= 0.6 is 23.4 Å². The van der Waals surface area contributed by atoms with Crippen LogP contribution in [0.5, 0.6) is 0 Å². The summed E-state index contributed by atoms with van der Waals surface area (Å²) in [5.41, 5.74) is 2.40. The molecule has 5 nitrogen and oxygen atoms in total. The van der Waals surface area contributed by atoms with Crippen molar-refractivity contribution in [2.75, 3.05) is 12.3 Å². The molecule has 4 aromatic rings. The van der Waals surface area contributed by atoms with Gasteiger partial charge in [-0.15, -0.1) is 0 Å². The molecule has 33 heavy (non-hydrogen) atoms. The van der Waals surface area contributed by atoms with Gasteiger partial charge >= 0.3 is 0 Å². The molecule has 0 saturated heterocycles. The molecule has 0 aliphatic heterocycles. The smallest absolute Gasteiger partial charge is 0.266 e. The van der Waals surface area contributed by atoms with Crippen LogP contribution in [-0.2, 0) is 11.2 Å². The first-order chi connectivity index (χ1) is 16.1. The van der Waals surface area contributed by atoms with E-state index in [-0.39, 0.29) is 11.5 Å². The van der Waals surface area contributed by atoms with E-state index in [9.17, 15) is 9.59 Å². The van der Waals surface area contributed by atoms with Crippen molar-refractivity contribution in [3.63, 3.8) is 0 Å². The molecule has 168 valence electrons. The molecule has 0 unspecified atom stereocenters. The molecule has 1 N–H and O–H groups in total. The van der Waals surface area contributed by atoms with Gasteiger partial charge in [0.1, 0.15) is 0 Å². The third kappa shape index (κ3) is 6.03. The highest BCUT2D eigenvalue weighted by Gasteiger charge is 2.14. The van der Waals surface area contributed by atoms with Crippen LogP contribution in [0.1, 0.15) is 18.4 Å². The van der Waals surface area contributed by atoms with Crippen LogP contribution in [0, 0.1) is 0 Å². The second-order valence-electron chi connectivity index (χ2n) is 7.57. The van der Waals surface area contributed by atoms with Gasteiger partial charge in [-0.1, -0.05) is 71.9 Å².